The lowest BCUT2D eigenvalue weighted by Crippen LogP contribution is -2.24. The van der Waals surface area contributed by atoms with Crippen molar-refractivity contribution in [1.29, 1.82) is 0 Å². The Morgan fingerprint density at radius 2 is 1.65 bits per heavy atom. The Labute approximate surface area is 141 Å². The van der Waals surface area contributed by atoms with E-state index in [2.05, 4.69) is 22.8 Å². The van der Waals surface area contributed by atoms with Gasteiger partial charge in [-0.3, -0.25) is 0 Å². The van der Waals surface area contributed by atoms with Crippen molar-refractivity contribution in [2.45, 2.75) is 35.5 Å². The van der Waals surface area contributed by atoms with Crippen LogP contribution in [0.4, 0.5) is 10.5 Å². The first-order chi connectivity index (χ1) is 11.3. The third-order valence-corrected chi connectivity index (χ3v) is 4.84. The molecule has 2 amide bonds. The van der Waals surface area contributed by atoms with Crippen molar-refractivity contribution >= 4 is 23.5 Å². The fraction of sp³-hybridized carbons (Fsp3) is 0.211. The number of amides is 2. The number of hydrogen-bond donors (Lipinski definition) is 2. The van der Waals surface area contributed by atoms with E-state index in [9.17, 15) is 4.79 Å². The van der Waals surface area contributed by atoms with Crippen LogP contribution in [0.3, 0.4) is 0 Å². The largest absolute Gasteiger partial charge is 0.323 e. The molecule has 0 spiro atoms. The van der Waals surface area contributed by atoms with Gasteiger partial charge in [-0.15, -0.1) is 0 Å². The molecule has 0 heterocycles. The topological polar surface area (TPSA) is 41.1 Å². The lowest BCUT2D eigenvalue weighted by atomic mass is 10.2. The molecule has 0 aromatic heterocycles. The highest BCUT2D eigenvalue weighted by molar-refractivity contribution is 7.99. The molecule has 1 aliphatic rings. The average molecular weight is 324 g/mol. The van der Waals surface area contributed by atoms with Crippen molar-refractivity contribution in [2.75, 3.05) is 5.32 Å². The Bertz CT molecular complexity index is 690. The summed E-state index contributed by atoms with van der Waals surface area (Å²) in [5.41, 5.74) is 2.15. The van der Waals surface area contributed by atoms with Crippen molar-refractivity contribution in [1.82, 2.24) is 5.32 Å². The summed E-state index contributed by atoms with van der Waals surface area (Å²) in [4.78, 5) is 14.3. The molecule has 2 aromatic carbocycles. The molecule has 2 N–H and O–H groups in total. The standard InChI is InChI=1S/C19H20N2OS/c22-19(20-14-15-8-4-5-9-15)21-17-12-6-7-13-18(17)23-16-10-2-1-3-11-16/h1-3,6-7,10-14H,4-5,8-9H2,(H2,20,21,22). The maximum atomic E-state index is 12.1. The van der Waals surface area contributed by atoms with E-state index in [-0.39, 0.29) is 6.03 Å². The van der Waals surface area contributed by atoms with Gasteiger partial charge in [0.05, 0.1) is 5.69 Å². The van der Waals surface area contributed by atoms with Gasteiger partial charge in [-0.05, 0) is 49.9 Å². The fourth-order valence-electron chi connectivity index (χ4n) is 2.57. The van der Waals surface area contributed by atoms with Crippen molar-refractivity contribution in [3.05, 3.63) is 66.4 Å². The summed E-state index contributed by atoms with van der Waals surface area (Å²) in [6.07, 6.45) is 6.51. The number of nitrogens with one attached hydrogen (secondary N) is 2. The minimum Gasteiger partial charge on any atom is -0.314 e. The number of hydrogen-bond acceptors (Lipinski definition) is 2. The van der Waals surface area contributed by atoms with E-state index < -0.39 is 0 Å². The van der Waals surface area contributed by atoms with E-state index in [0.717, 1.165) is 28.3 Å². The third kappa shape index (κ3) is 4.63. The van der Waals surface area contributed by atoms with Crippen LogP contribution in [0.2, 0.25) is 0 Å². The zero-order valence-electron chi connectivity index (χ0n) is 12.9. The van der Waals surface area contributed by atoms with Gasteiger partial charge in [0, 0.05) is 16.0 Å². The zero-order chi connectivity index (χ0) is 15.9. The summed E-state index contributed by atoms with van der Waals surface area (Å²) in [7, 11) is 0. The van der Waals surface area contributed by atoms with Crippen LogP contribution >= 0.6 is 11.8 Å². The van der Waals surface area contributed by atoms with Crippen molar-refractivity contribution < 1.29 is 4.79 Å². The summed E-state index contributed by atoms with van der Waals surface area (Å²) in [6, 6.07) is 17.8. The summed E-state index contributed by atoms with van der Waals surface area (Å²) < 4.78 is 0. The summed E-state index contributed by atoms with van der Waals surface area (Å²) in [5, 5.41) is 5.78. The van der Waals surface area contributed by atoms with Gasteiger partial charge >= 0.3 is 6.03 Å². The van der Waals surface area contributed by atoms with Gasteiger partial charge in [-0.2, -0.15) is 0 Å². The first-order valence-electron chi connectivity index (χ1n) is 7.88. The maximum Gasteiger partial charge on any atom is 0.323 e. The summed E-state index contributed by atoms with van der Waals surface area (Å²) in [5.74, 6) is 0. The van der Waals surface area contributed by atoms with E-state index in [1.807, 2.05) is 48.7 Å². The van der Waals surface area contributed by atoms with E-state index in [1.165, 1.54) is 18.4 Å². The molecule has 3 nitrogen and oxygen atoms in total. The third-order valence-electron chi connectivity index (χ3n) is 3.76. The van der Waals surface area contributed by atoms with Crippen LogP contribution in [0, 0.1) is 0 Å². The first kappa shape index (κ1) is 15.7. The molecule has 0 atom stereocenters. The molecule has 0 unspecified atom stereocenters. The van der Waals surface area contributed by atoms with Crippen molar-refractivity contribution in [3.8, 4) is 0 Å². The van der Waals surface area contributed by atoms with Crippen LogP contribution < -0.4 is 10.6 Å². The van der Waals surface area contributed by atoms with Crippen LogP contribution in [-0.4, -0.2) is 6.03 Å². The highest BCUT2D eigenvalue weighted by atomic mass is 32.2. The number of rotatable bonds is 4. The molecule has 2 aromatic rings. The minimum atomic E-state index is -0.189. The molecule has 1 fully saturated rings. The van der Waals surface area contributed by atoms with Crippen LogP contribution in [0.15, 0.2) is 76.2 Å². The minimum absolute atomic E-state index is 0.189. The number of anilines is 1. The van der Waals surface area contributed by atoms with Crippen LogP contribution in [0.5, 0.6) is 0 Å². The smallest absolute Gasteiger partial charge is 0.314 e. The van der Waals surface area contributed by atoms with Gasteiger partial charge < -0.3 is 10.6 Å². The second-order valence-corrected chi connectivity index (χ2v) is 6.63. The summed E-state index contributed by atoms with van der Waals surface area (Å²) >= 11 is 1.64. The van der Waals surface area contributed by atoms with E-state index in [4.69, 9.17) is 0 Å². The second-order valence-electron chi connectivity index (χ2n) is 5.52. The van der Waals surface area contributed by atoms with Gasteiger partial charge in [0.1, 0.15) is 0 Å². The Morgan fingerprint density at radius 1 is 0.957 bits per heavy atom. The van der Waals surface area contributed by atoms with Crippen molar-refractivity contribution in [2.24, 2.45) is 0 Å². The van der Waals surface area contributed by atoms with Gasteiger partial charge in [-0.25, -0.2) is 4.79 Å². The molecule has 1 saturated carbocycles. The van der Waals surface area contributed by atoms with Gasteiger partial charge in [0.15, 0.2) is 0 Å². The molecular formula is C19H20N2OS. The van der Waals surface area contributed by atoms with Crippen molar-refractivity contribution in [3.63, 3.8) is 0 Å². The summed E-state index contributed by atoms with van der Waals surface area (Å²) in [6.45, 7) is 0. The molecule has 0 aliphatic heterocycles. The molecule has 1 aliphatic carbocycles. The Kier molecular flexibility index (Phi) is 5.37. The highest BCUT2D eigenvalue weighted by Gasteiger charge is 2.09. The molecule has 0 saturated heterocycles. The maximum absolute atomic E-state index is 12.1. The van der Waals surface area contributed by atoms with Gasteiger partial charge in [-0.1, -0.05) is 47.7 Å². The number of benzene rings is 2. The molecule has 0 radical (unpaired) electrons. The number of carbonyl (C=O) groups excluding carboxylic acids is 1. The zero-order valence-corrected chi connectivity index (χ0v) is 13.7. The lowest BCUT2D eigenvalue weighted by Gasteiger charge is -2.10. The first-order valence-corrected chi connectivity index (χ1v) is 8.70. The average Bonchev–Trinajstić information content (AvgIpc) is 3.09. The monoisotopic (exact) mass is 324 g/mol. The lowest BCUT2D eigenvalue weighted by molar-refractivity contribution is 0.255. The fourth-order valence-corrected chi connectivity index (χ4v) is 3.50. The van der Waals surface area contributed by atoms with E-state index >= 15 is 0 Å². The molecule has 0 bridgehead atoms. The molecule has 23 heavy (non-hydrogen) atoms. The molecular weight excluding hydrogens is 304 g/mol. The number of urea groups is 1. The predicted octanol–water partition coefficient (Wildman–Crippen LogP) is 5.42. The SMILES string of the molecule is O=C(NC=C1CCCC1)Nc1ccccc1Sc1ccccc1. The molecule has 4 heteroatoms. The highest BCUT2D eigenvalue weighted by Crippen LogP contribution is 2.33. The normalized spacial score (nSPS) is 13.7. The predicted molar refractivity (Wildman–Crippen MR) is 95.7 cm³/mol. The van der Waals surface area contributed by atoms with Crippen LogP contribution in [-0.2, 0) is 0 Å². The Morgan fingerprint density at radius 3 is 2.43 bits per heavy atom. The second kappa shape index (κ2) is 7.88. The number of para-hydroxylation sites is 1. The van der Waals surface area contributed by atoms with Gasteiger partial charge in [0.25, 0.3) is 0 Å². The van der Waals surface area contributed by atoms with Crippen LogP contribution in [0.1, 0.15) is 25.7 Å². The number of carbonyl (C=O) groups is 1. The molecule has 118 valence electrons. The molecule has 3 rings (SSSR count). The quantitative estimate of drug-likeness (QED) is 0.788. The Hall–Kier alpha value is -2.20. The Balaban J connectivity index is 1.65. The van der Waals surface area contributed by atoms with E-state index in [1.54, 1.807) is 11.8 Å². The van der Waals surface area contributed by atoms with E-state index in [0.29, 0.717) is 0 Å². The van der Waals surface area contributed by atoms with Gasteiger partial charge in [0.2, 0.25) is 0 Å². The number of allylic oxidation sites excluding steroid dienone is 1. The van der Waals surface area contributed by atoms with Crippen LogP contribution in [0.25, 0.3) is 0 Å².